The molecule has 0 aromatic carbocycles. The third-order valence-corrected chi connectivity index (χ3v) is 4.75. The highest BCUT2D eigenvalue weighted by molar-refractivity contribution is 7.15. The molecule has 1 aromatic heterocycles. The van der Waals surface area contributed by atoms with Gasteiger partial charge in [0.2, 0.25) is 0 Å². The van der Waals surface area contributed by atoms with Gasteiger partial charge < -0.3 is 10.2 Å². The van der Waals surface area contributed by atoms with E-state index < -0.39 is 0 Å². The van der Waals surface area contributed by atoms with Gasteiger partial charge in [0, 0.05) is 49.8 Å². The van der Waals surface area contributed by atoms with Crippen LogP contribution in [0.15, 0.2) is 6.20 Å². The van der Waals surface area contributed by atoms with Crippen molar-refractivity contribution in [3.05, 3.63) is 11.1 Å². The zero-order valence-electron chi connectivity index (χ0n) is 11.6. The van der Waals surface area contributed by atoms with Crippen molar-refractivity contribution in [3.8, 4) is 0 Å². The Hall–Kier alpha value is -0.650. The molecule has 4 nitrogen and oxygen atoms in total. The summed E-state index contributed by atoms with van der Waals surface area (Å²) in [4.78, 5) is 10.9. The Labute approximate surface area is 114 Å². The minimum Gasteiger partial charge on any atom is -0.346 e. The zero-order chi connectivity index (χ0) is 13.0. The van der Waals surface area contributed by atoms with E-state index in [4.69, 9.17) is 0 Å². The highest BCUT2D eigenvalue weighted by Gasteiger charge is 2.21. The number of hydrogen-bond acceptors (Lipinski definition) is 5. The Balaban J connectivity index is 1.88. The molecule has 2 rings (SSSR count). The minimum absolute atomic E-state index is 0.711. The van der Waals surface area contributed by atoms with Crippen LogP contribution in [0, 0.1) is 0 Å². The van der Waals surface area contributed by atoms with Gasteiger partial charge in [-0.15, -0.1) is 11.3 Å². The molecule has 1 saturated heterocycles. The summed E-state index contributed by atoms with van der Waals surface area (Å²) in [6.45, 7) is 10.1. The van der Waals surface area contributed by atoms with Crippen LogP contribution < -0.4 is 10.2 Å². The Kier molecular flexibility index (Phi) is 4.97. The molecule has 2 heterocycles. The topological polar surface area (TPSA) is 31.4 Å². The van der Waals surface area contributed by atoms with E-state index in [2.05, 4.69) is 33.9 Å². The van der Waals surface area contributed by atoms with Crippen molar-refractivity contribution < 1.29 is 0 Å². The molecule has 1 unspecified atom stereocenters. The monoisotopic (exact) mass is 268 g/mol. The molecule has 0 radical (unpaired) electrons. The lowest BCUT2D eigenvalue weighted by molar-refractivity contribution is 0.193. The van der Waals surface area contributed by atoms with Gasteiger partial charge in [-0.05, 0) is 20.4 Å². The van der Waals surface area contributed by atoms with Crippen molar-refractivity contribution >= 4 is 16.5 Å². The Morgan fingerprint density at radius 2 is 2.11 bits per heavy atom. The maximum Gasteiger partial charge on any atom is 0.185 e. The molecule has 0 aliphatic carbocycles. The van der Waals surface area contributed by atoms with E-state index in [1.165, 1.54) is 16.4 Å². The number of piperazine rings is 1. The summed E-state index contributed by atoms with van der Waals surface area (Å²) in [6, 6.07) is 0.711. The SMILES string of the molecule is CCC(C)N1CCN(c2ncc(CNC)s2)CC1. The molecule has 18 heavy (non-hydrogen) atoms. The molecule has 1 fully saturated rings. The first-order valence-electron chi connectivity index (χ1n) is 6.83. The molecule has 1 aromatic rings. The number of nitrogens with one attached hydrogen (secondary N) is 1. The molecule has 0 spiro atoms. The van der Waals surface area contributed by atoms with Gasteiger partial charge in [0.1, 0.15) is 0 Å². The average Bonchev–Trinajstić information content (AvgIpc) is 2.87. The van der Waals surface area contributed by atoms with Crippen molar-refractivity contribution in [2.24, 2.45) is 0 Å². The van der Waals surface area contributed by atoms with Crippen LogP contribution in [0.25, 0.3) is 0 Å². The standard InChI is InChI=1S/C13H24N4S/c1-4-11(2)16-5-7-17(8-6-16)13-15-10-12(18-13)9-14-3/h10-11,14H,4-9H2,1-3H3. The first-order valence-corrected chi connectivity index (χ1v) is 7.64. The van der Waals surface area contributed by atoms with Gasteiger partial charge in [0.25, 0.3) is 0 Å². The third kappa shape index (κ3) is 3.22. The first kappa shape index (κ1) is 13.8. The quantitative estimate of drug-likeness (QED) is 0.882. The number of nitrogens with zero attached hydrogens (tertiary/aromatic N) is 3. The summed E-state index contributed by atoms with van der Waals surface area (Å²) in [5.74, 6) is 0. The molecular formula is C13H24N4S. The predicted molar refractivity (Wildman–Crippen MR) is 78.4 cm³/mol. The van der Waals surface area contributed by atoms with E-state index in [1.54, 1.807) is 0 Å². The average molecular weight is 268 g/mol. The molecule has 1 aliphatic heterocycles. The normalized spacial score (nSPS) is 19.2. The van der Waals surface area contributed by atoms with Crippen LogP contribution in [0.1, 0.15) is 25.1 Å². The van der Waals surface area contributed by atoms with E-state index >= 15 is 0 Å². The third-order valence-electron chi connectivity index (χ3n) is 3.69. The number of hydrogen-bond donors (Lipinski definition) is 1. The van der Waals surface area contributed by atoms with Crippen molar-refractivity contribution in [1.82, 2.24) is 15.2 Å². The Morgan fingerprint density at radius 1 is 1.39 bits per heavy atom. The lowest BCUT2D eigenvalue weighted by Gasteiger charge is -2.37. The summed E-state index contributed by atoms with van der Waals surface area (Å²) in [5.41, 5.74) is 0. The Morgan fingerprint density at radius 3 is 2.72 bits per heavy atom. The van der Waals surface area contributed by atoms with Gasteiger partial charge in [0.15, 0.2) is 5.13 Å². The van der Waals surface area contributed by atoms with Gasteiger partial charge in [-0.1, -0.05) is 6.92 Å². The number of anilines is 1. The fourth-order valence-electron chi connectivity index (χ4n) is 2.31. The molecular weight excluding hydrogens is 244 g/mol. The first-order chi connectivity index (χ1) is 8.74. The summed E-state index contributed by atoms with van der Waals surface area (Å²) < 4.78 is 0. The molecule has 1 atom stereocenters. The van der Waals surface area contributed by atoms with Crippen LogP contribution in [0.2, 0.25) is 0 Å². The highest BCUT2D eigenvalue weighted by atomic mass is 32.1. The summed E-state index contributed by atoms with van der Waals surface area (Å²) >= 11 is 1.81. The second kappa shape index (κ2) is 6.50. The van der Waals surface area contributed by atoms with Crippen molar-refractivity contribution in [2.45, 2.75) is 32.9 Å². The van der Waals surface area contributed by atoms with Gasteiger partial charge >= 0.3 is 0 Å². The van der Waals surface area contributed by atoms with E-state index in [0.717, 1.165) is 32.7 Å². The van der Waals surface area contributed by atoms with Crippen LogP contribution in [0.3, 0.4) is 0 Å². The van der Waals surface area contributed by atoms with Crippen molar-refractivity contribution in [2.75, 3.05) is 38.1 Å². The second-order valence-electron chi connectivity index (χ2n) is 4.92. The number of rotatable bonds is 5. The smallest absolute Gasteiger partial charge is 0.185 e. The molecule has 0 bridgehead atoms. The van der Waals surface area contributed by atoms with Gasteiger partial charge in [-0.3, -0.25) is 4.90 Å². The molecule has 1 N–H and O–H groups in total. The van der Waals surface area contributed by atoms with E-state index in [0.29, 0.717) is 6.04 Å². The highest BCUT2D eigenvalue weighted by Crippen LogP contribution is 2.24. The fraction of sp³-hybridized carbons (Fsp3) is 0.769. The van der Waals surface area contributed by atoms with Crippen molar-refractivity contribution in [3.63, 3.8) is 0 Å². The van der Waals surface area contributed by atoms with Gasteiger partial charge in [0.05, 0.1) is 0 Å². The van der Waals surface area contributed by atoms with Crippen molar-refractivity contribution in [1.29, 1.82) is 0 Å². The summed E-state index contributed by atoms with van der Waals surface area (Å²) in [6.07, 6.45) is 3.24. The lowest BCUT2D eigenvalue weighted by Crippen LogP contribution is -2.49. The predicted octanol–water partition coefficient (Wildman–Crippen LogP) is 1.78. The van der Waals surface area contributed by atoms with Gasteiger partial charge in [-0.25, -0.2) is 4.98 Å². The largest absolute Gasteiger partial charge is 0.346 e. The fourth-order valence-corrected chi connectivity index (χ4v) is 3.29. The van der Waals surface area contributed by atoms with E-state index in [9.17, 15) is 0 Å². The second-order valence-corrected chi connectivity index (χ2v) is 6.01. The molecule has 5 heteroatoms. The summed E-state index contributed by atoms with van der Waals surface area (Å²) in [5, 5.41) is 4.36. The minimum atomic E-state index is 0.711. The maximum absolute atomic E-state index is 4.53. The van der Waals surface area contributed by atoms with E-state index in [1.807, 2.05) is 24.6 Å². The lowest BCUT2D eigenvalue weighted by atomic mass is 10.2. The molecule has 1 aliphatic rings. The van der Waals surface area contributed by atoms with Gasteiger partial charge in [-0.2, -0.15) is 0 Å². The van der Waals surface area contributed by atoms with Crippen LogP contribution in [-0.4, -0.2) is 49.2 Å². The van der Waals surface area contributed by atoms with Crippen LogP contribution in [0.5, 0.6) is 0 Å². The Bertz CT molecular complexity index is 358. The molecule has 0 amide bonds. The van der Waals surface area contributed by atoms with Crippen LogP contribution >= 0.6 is 11.3 Å². The zero-order valence-corrected chi connectivity index (χ0v) is 12.5. The van der Waals surface area contributed by atoms with E-state index in [-0.39, 0.29) is 0 Å². The summed E-state index contributed by atoms with van der Waals surface area (Å²) in [7, 11) is 1.98. The maximum atomic E-state index is 4.53. The molecule has 102 valence electrons. The molecule has 0 saturated carbocycles. The van der Waals surface area contributed by atoms with Crippen LogP contribution in [-0.2, 0) is 6.54 Å². The number of thiazole rings is 1. The van der Waals surface area contributed by atoms with Crippen LogP contribution in [0.4, 0.5) is 5.13 Å². The number of aromatic nitrogens is 1.